The predicted octanol–water partition coefficient (Wildman–Crippen LogP) is 2.59. The standard InChI is InChI=1S/3C8H14O2.Co/c3*1-6(2)4-8(10)5-7(3)9;/h3*5-6,10H,4H2,1-3H3;/q;;;+3/p-3. The van der Waals surface area contributed by atoms with Crippen LogP contribution >= 0.6 is 0 Å². The third-order valence-corrected chi connectivity index (χ3v) is 2.92. The number of rotatable bonds is 9. The first-order valence-electron chi connectivity index (χ1n) is 10.2. The van der Waals surface area contributed by atoms with Gasteiger partial charge in [-0.15, -0.1) is 17.3 Å². The van der Waals surface area contributed by atoms with Crippen LogP contribution in [0.25, 0.3) is 0 Å². The van der Waals surface area contributed by atoms with Crippen LogP contribution in [-0.2, 0) is 31.2 Å². The Balaban J connectivity index is -0.000000174. The van der Waals surface area contributed by atoms with E-state index >= 15 is 0 Å². The first-order valence-corrected chi connectivity index (χ1v) is 10.2. The van der Waals surface area contributed by atoms with E-state index in [0.29, 0.717) is 37.0 Å². The molecule has 0 aliphatic heterocycles. The van der Waals surface area contributed by atoms with Crippen LogP contribution in [0.3, 0.4) is 0 Å². The van der Waals surface area contributed by atoms with Gasteiger partial charge in [0.15, 0.2) is 17.3 Å². The first kappa shape index (κ1) is 36.5. The van der Waals surface area contributed by atoms with E-state index in [1.165, 1.54) is 20.8 Å². The summed E-state index contributed by atoms with van der Waals surface area (Å²) in [5, 5.41) is 32.4. The summed E-state index contributed by atoms with van der Waals surface area (Å²) in [6, 6.07) is 0. The minimum absolute atomic E-state index is 0. The molecule has 0 rings (SSSR count). The Morgan fingerprint density at radius 2 is 0.710 bits per heavy atom. The van der Waals surface area contributed by atoms with E-state index in [2.05, 4.69) is 0 Å². The number of hydrogen-bond donors (Lipinski definition) is 0. The molecule has 0 fully saturated rings. The van der Waals surface area contributed by atoms with Crippen molar-refractivity contribution in [3.05, 3.63) is 35.5 Å². The molecule has 0 heterocycles. The molecular weight excluding hydrogens is 443 g/mol. The van der Waals surface area contributed by atoms with E-state index in [4.69, 9.17) is 0 Å². The van der Waals surface area contributed by atoms with E-state index in [0.717, 1.165) is 18.2 Å². The van der Waals surface area contributed by atoms with Gasteiger partial charge in [-0.05, 0) is 76.0 Å². The van der Waals surface area contributed by atoms with Crippen LogP contribution in [0.1, 0.15) is 81.6 Å². The molecule has 0 amide bonds. The van der Waals surface area contributed by atoms with Crippen LogP contribution in [0.4, 0.5) is 0 Å². The van der Waals surface area contributed by atoms with Crippen LogP contribution in [0.5, 0.6) is 0 Å². The van der Waals surface area contributed by atoms with Crippen molar-refractivity contribution in [2.45, 2.75) is 81.6 Å². The molecule has 0 saturated carbocycles. The van der Waals surface area contributed by atoms with Crippen molar-refractivity contribution in [3.63, 3.8) is 0 Å². The van der Waals surface area contributed by atoms with Gasteiger partial charge in [-0.25, -0.2) is 0 Å². The van der Waals surface area contributed by atoms with Gasteiger partial charge >= 0.3 is 16.8 Å². The summed E-state index contributed by atoms with van der Waals surface area (Å²) in [7, 11) is 0. The van der Waals surface area contributed by atoms with Gasteiger partial charge in [0.1, 0.15) is 0 Å². The Morgan fingerprint density at radius 1 is 0.548 bits per heavy atom. The molecular formula is C24H39CoO6. The topological polar surface area (TPSA) is 120 Å². The van der Waals surface area contributed by atoms with Gasteiger partial charge in [0.2, 0.25) is 0 Å². The van der Waals surface area contributed by atoms with Gasteiger partial charge in [-0.3, -0.25) is 14.4 Å². The van der Waals surface area contributed by atoms with Crippen LogP contribution in [0, 0.1) is 17.8 Å². The number of carbonyl (C=O) groups excluding carboxylic acids is 3. The molecule has 0 aromatic heterocycles. The fraction of sp³-hybridized carbons (Fsp3) is 0.625. The maximum Gasteiger partial charge on any atom is 3.00 e. The fourth-order valence-corrected chi connectivity index (χ4v) is 2.06. The smallest absolute Gasteiger partial charge is 0.875 e. The zero-order valence-corrected chi connectivity index (χ0v) is 21.4. The SMILES string of the molecule is CC(=O)C=C([O-])CC(C)C.CC(=O)C=C([O-])CC(C)C.CC(=O)C=C([O-])CC(C)C.[Co+3]. The Labute approximate surface area is 198 Å². The molecule has 0 N–H and O–H groups in total. The summed E-state index contributed by atoms with van der Waals surface area (Å²) in [6.45, 7) is 15.9. The summed E-state index contributed by atoms with van der Waals surface area (Å²) < 4.78 is 0. The molecule has 0 radical (unpaired) electrons. The van der Waals surface area contributed by atoms with Crippen LogP contribution in [0.2, 0.25) is 0 Å². The van der Waals surface area contributed by atoms with Gasteiger partial charge in [0.25, 0.3) is 0 Å². The average Bonchev–Trinajstić information content (AvgIpc) is 2.42. The second kappa shape index (κ2) is 21.4. The molecule has 31 heavy (non-hydrogen) atoms. The first-order chi connectivity index (χ1) is 13.6. The van der Waals surface area contributed by atoms with Crippen molar-refractivity contribution < 1.29 is 46.5 Å². The molecule has 0 bridgehead atoms. The van der Waals surface area contributed by atoms with Crippen molar-refractivity contribution in [1.29, 1.82) is 0 Å². The number of carbonyl (C=O) groups is 3. The van der Waals surface area contributed by atoms with Crippen LogP contribution < -0.4 is 15.3 Å². The molecule has 0 unspecified atom stereocenters. The minimum Gasteiger partial charge on any atom is -0.875 e. The molecule has 0 saturated heterocycles. The molecule has 0 aliphatic rings. The largest absolute Gasteiger partial charge is 3.00 e. The molecule has 7 heteroatoms. The van der Waals surface area contributed by atoms with Crippen molar-refractivity contribution in [1.82, 2.24) is 0 Å². The fourth-order valence-electron chi connectivity index (χ4n) is 2.06. The maximum atomic E-state index is 10.8. The van der Waals surface area contributed by atoms with Crippen molar-refractivity contribution >= 4 is 17.3 Å². The molecule has 0 aromatic carbocycles. The summed E-state index contributed by atoms with van der Waals surface area (Å²) in [6.07, 6.45) is 4.87. The van der Waals surface area contributed by atoms with Crippen molar-refractivity contribution in [2.75, 3.05) is 0 Å². The normalized spacial score (nSPS) is 11.8. The second-order valence-electron chi connectivity index (χ2n) is 8.46. The maximum absolute atomic E-state index is 10.8. The third kappa shape index (κ3) is 39.2. The van der Waals surface area contributed by atoms with Gasteiger partial charge in [-0.1, -0.05) is 41.5 Å². The Morgan fingerprint density at radius 3 is 0.806 bits per heavy atom. The molecule has 6 nitrogen and oxygen atoms in total. The molecule has 0 aromatic rings. The zero-order valence-electron chi connectivity index (χ0n) is 20.4. The summed E-state index contributed by atoms with van der Waals surface area (Å²) in [5.41, 5.74) is 0. The van der Waals surface area contributed by atoms with E-state index < -0.39 is 0 Å². The monoisotopic (exact) mass is 482 g/mol. The third-order valence-electron chi connectivity index (χ3n) is 2.92. The Kier molecular flexibility index (Phi) is 25.2. The van der Waals surface area contributed by atoms with Crippen molar-refractivity contribution in [2.24, 2.45) is 17.8 Å². The quantitative estimate of drug-likeness (QED) is 0.368. The number of hydrogen-bond acceptors (Lipinski definition) is 6. The van der Waals surface area contributed by atoms with E-state index in [9.17, 15) is 29.7 Å². The molecule has 180 valence electrons. The van der Waals surface area contributed by atoms with E-state index in [1.807, 2.05) is 41.5 Å². The summed E-state index contributed by atoms with van der Waals surface area (Å²) in [5.74, 6) is 0.323. The van der Waals surface area contributed by atoms with Crippen LogP contribution in [0.15, 0.2) is 35.5 Å². The van der Waals surface area contributed by atoms with Gasteiger partial charge in [-0.2, -0.15) is 0 Å². The van der Waals surface area contributed by atoms with E-state index in [1.54, 1.807) is 0 Å². The predicted molar refractivity (Wildman–Crippen MR) is 115 cm³/mol. The average molecular weight is 483 g/mol. The molecule has 0 aliphatic carbocycles. The minimum atomic E-state index is -0.161. The molecule has 0 spiro atoms. The Bertz CT molecular complexity index is 528. The zero-order chi connectivity index (χ0) is 24.4. The number of allylic oxidation sites excluding steroid dienone is 6. The second-order valence-corrected chi connectivity index (χ2v) is 8.46. The van der Waals surface area contributed by atoms with Gasteiger partial charge in [0, 0.05) is 0 Å². The summed E-state index contributed by atoms with van der Waals surface area (Å²) in [4.78, 5) is 31.1. The number of ketones is 3. The van der Waals surface area contributed by atoms with Crippen molar-refractivity contribution in [3.8, 4) is 0 Å². The Hall–Kier alpha value is -1.86. The summed E-state index contributed by atoms with van der Waals surface area (Å²) >= 11 is 0. The van der Waals surface area contributed by atoms with Gasteiger partial charge in [0.05, 0.1) is 0 Å². The van der Waals surface area contributed by atoms with Crippen LogP contribution in [-0.4, -0.2) is 17.3 Å². The van der Waals surface area contributed by atoms with E-state index in [-0.39, 0.29) is 51.4 Å². The molecule has 0 atom stereocenters. The van der Waals surface area contributed by atoms with Gasteiger partial charge < -0.3 is 15.3 Å².